The molecule has 1 atom stereocenters. The van der Waals surface area contributed by atoms with Crippen molar-refractivity contribution in [2.75, 3.05) is 19.6 Å². The Hall–Kier alpha value is -2.13. The molecule has 1 unspecified atom stereocenters. The van der Waals surface area contributed by atoms with Crippen LogP contribution in [0.15, 0.2) is 48.5 Å². The zero-order chi connectivity index (χ0) is 18.4. The second-order valence-corrected chi connectivity index (χ2v) is 7.46. The molecule has 0 radical (unpaired) electrons. The summed E-state index contributed by atoms with van der Waals surface area (Å²) in [6, 6.07) is 17.5. The molecule has 0 aliphatic carbocycles. The van der Waals surface area contributed by atoms with E-state index in [0.29, 0.717) is 13.0 Å². The quantitative estimate of drug-likeness (QED) is 0.812. The number of rotatable bonds is 7. The van der Waals surface area contributed by atoms with Crippen molar-refractivity contribution in [3.8, 4) is 0 Å². The lowest BCUT2D eigenvalue weighted by atomic mass is 10.0. The van der Waals surface area contributed by atoms with E-state index in [4.69, 9.17) is 0 Å². The number of likely N-dealkylation sites (tertiary alicyclic amines) is 1. The average molecular weight is 351 g/mol. The summed E-state index contributed by atoms with van der Waals surface area (Å²) < 4.78 is 0. The van der Waals surface area contributed by atoms with Crippen LogP contribution in [-0.4, -0.2) is 30.4 Å². The summed E-state index contributed by atoms with van der Waals surface area (Å²) in [4.78, 5) is 14.9. The highest BCUT2D eigenvalue weighted by atomic mass is 16.1. The van der Waals surface area contributed by atoms with Crippen molar-refractivity contribution in [3.63, 3.8) is 0 Å². The Balaban J connectivity index is 1.55. The Morgan fingerprint density at radius 3 is 2.15 bits per heavy atom. The molecular weight excluding hydrogens is 320 g/mol. The van der Waals surface area contributed by atoms with Crippen molar-refractivity contribution in [3.05, 3.63) is 70.8 Å². The summed E-state index contributed by atoms with van der Waals surface area (Å²) in [5, 5.41) is 3.17. The van der Waals surface area contributed by atoms with Gasteiger partial charge in [-0.15, -0.1) is 0 Å². The summed E-state index contributed by atoms with van der Waals surface area (Å²) in [6.45, 7) is 7.13. The van der Waals surface area contributed by atoms with Crippen LogP contribution in [-0.2, 0) is 11.2 Å². The van der Waals surface area contributed by atoms with Gasteiger partial charge in [0.2, 0.25) is 5.91 Å². The van der Waals surface area contributed by atoms with Gasteiger partial charge in [0.05, 0.1) is 6.04 Å². The predicted octanol–water partition coefficient (Wildman–Crippen LogP) is 4.19. The number of benzene rings is 2. The number of hydrogen-bond donors (Lipinski definition) is 1. The minimum Gasteiger partial charge on any atom is -0.354 e. The average Bonchev–Trinajstić information content (AvgIpc) is 3.17. The van der Waals surface area contributed by atoms with Crippen molar-refractivity contribution in [2.24, 2.45) is 0 Å². The first kappa shape index (κ1) is 18.7. The van der Waals surface area contributed by atoms with Gasteiger partial charge in [-0.1, -0.05) is 59.7 Å². The van der Waals surface area contributed by atoms with Crippen molar-refractivity contribution in [2.45, 2.75) is 45.6 Å². The molecule has 2 aromatic carbocycles. The van der Waals surface area contributed by atoms with E-state index in [9.17, 15) is 4.79 Å². The molecule has 3 heteroatoms. The third kappa shape index (κ3) is 5.18. The normalized spacial score (nSPS) is 15.8. The zero-order valence-corrected chi connectivity index (χ0v) is 16.0. The van der Waals surface area contributed by atoms with Gasteiger partial charge in [0.25, 0.3) is 0 Å². The number of nitrogens with one attached hydrogen (secondary N) is 1. The van der Waals surface area contributed by atoms with Crippen LogP contribution >= 0.6 is 0 Å². The number of carbonyl (C=O) groups excluding carboxylic acids is 1. The fourth-order valence-electron chi connectivity index (χ4n) is 3.61. The van der Waals surface area contributed by atoms with Gasteiger partial charge in [0.1, 0.15) is 0 Å². The Kier molecular flexibility index (Phi) is 6.45. The molecule has 1 aliphatic rings. The number of amides is 1. The molecule has 1 N–H and O–H groups in total. The van der Waals surface area contributed by atoms with Crippen molar-refractivity contribution >= 4 is 5.91 Å². The van der Waals surface area contributed by atoms with E-state index in [-0.39, 0.29) is 11.9 Å². The molecule has 1 aliphatic heterocycles. The van der Waals surface area contributed by atoms with E-state index in [1.807, 2.05) is 0 Å². The predicted molar refractivity (Wildman–Crippen MR) is 107 cm³/mol. The molecule has 3 nitrogen and oxygen atoms in total. The summed E-state index contributed by atoms with van der Waals surface area (Å²) in [6.07, 6.45) is 3.85. The van der Waals surface area contributed by atoms with Crippen LogP contribution in [0.3, 0.4) is 0 Å². The van der Waals surface area contributed by atoms with Gasteiger partial charge in [0.15, 0.2) is 0 Å². The van der Waals surface area contributed by atoms with E-state index in [1.165, 1.54) is 35.1 Å². The van der Waals surface area contributed by atoms with Gasteiger partial charge in [-0.2, -0.15) is 0 Å². The molecule has 1 amide bonds. The zero-order valence-electron chi connectivity index (χ0n) is 16.0. The summed E-state index contributed by atoms with van der Waals surface area (Å²) >= 11 is 0. The highest BCUT2D eigenvalue weighted by molar-refractivity contribution is 5.76. The first-order valence-corrected chi connectivity index (χ1v) is 9.75. The Morgan fingerprint density at radius 2 is 1.54 bits per heavy atom. The van der Waals surface area contributed by atoms with Crippen LogP contribution in [0.2, 0.25) is 0 Å². The molecule has 3 rings (SSSR count). The second-order valence-electron chi connectivity index (χ2n) is 7.46. The maximum Gasteiger partial charge on any atom is 0.220 e. The number of carbonyl (C=O) groups is 1. The molecule has 0 spiro atoms. The molecule has 138 valence electrons. The number of hydrogen-bond acceptors (Lipinski definition) is 2. The molecule has 26 heavy (non-hydrogen) atoms. The van der Waals surface area contributed by atoms with Crippen molar-refractivity contribution in [1.29, 1.82) is 0 Å². The van der Waals surface area contributed by atoms with Crippen LogP contribution in [0.1, 0.15) is 47.6 Å². The van der Waals surface area contributed by atoms with E-state index in [2.05, 4.69) is 72.6 Å². The highest BCUT2D eigenvalue weighted by Gasteiger charge is 2.23. The molecule has 2 aromatic rings. The van der Waals surface area contributed by atoms with Crippen LogP contribution in [0.25, 0.3) is 0 Å². The largest absolute Gasteiger partial charge is 0.354 e. The molecular formula is C23H30N2O. The minimum atomic E-state index is 0.141. The van der Waals surface area contributed by atoms with Gasteiger partial charge in [-0.05, 0) is 57.3 Å². The van der Waals surface area contributed by atoms with Gasteiger partial charge in [0, 0.05) is 13.0 Å². The molecule has 0 aromatic heterocycles. The minimum absolute atomic E-state index is 0.141. The van der Waals surface area contributed by atoms with Gasteiger partial charge in [-0.25, -0.2) is 0 Å². The van der Waals surface area contributed by atoms with E-state index in [1.54, 1.807) is 0 Å². The lowest BCUT2D eigenvalue weighted by Gasteiger charge is -2.28. The Labute approximate surface area is 157 Å². The maximum atomic E-state index is 12.4. The van der Waals surface area contributed by atoms with Crippen molar-refractivity contribution in [1.82, 2.24) is 10.2 Å². The van der Waals surface area contributed by atoms with Gasteiger partial charge in [-0.3, -0.25) is 9.69 Å². The van der Waals surface area contributed by atoms with Crippen LogP contribution in [0.4, 0.5) is 0 Å². The lowest BCUT2D eigenvalue weighted by Crippen LogP contribution is -2.36. The van der Waals surface area contributed by atoms with Gasteiger partial charge >= 0.3 is 0 Å². The van der Waals surface area contributed by atoms with E-state index in [0.717, 1.165) is 19.5 Å². The molecule has 1 heterocycles. The highest BCUT2D eigenvalue weighted by Crippen LogP contribution is 2.25. The Morgan fingerprint density at radius 1 is 0.962 bits per heavy atom. The first-order chi connectivity index (χ1) is 12.6. The molecule has 0 bridgehead atoms. The molecule has 0 saturated carbocycles. The maximum absolute atomic E-state index is 12.4. The van der Waals surface area contributed by atoms with E-state index < -0.39 is 0 Å². The smallest absolute Gasteiger partial charge is 0.220 e. The lowest BCUT2D eigenvalue weighted by molar-refractivity contribution is -0.121. The fraction of sp³-hybridized carbons (Fsp3) is 0.435. The third-order valence-corrected chi connectivity index (χ3v) is 5.30. The Bertz CT molecular complexity index is 700. The van der Waals surface area contributed by atoms with Crippen LogP contribution < -0.4 is 5.32 Å². The molecule has 1 saturated heterocycles. The monoisotopic (exact) mass is 350 g/mol. The SMILES string of the molecule is Cc1ccc(CCC(=O)NCC(c2ccc(C)cc2)N2CCCC2)cc1. The van der Waals surface area contributed by atoms with Crippen LogP contribution in [0, 0.1) is 13.8 Å². The first-order valence-electron chi connectivity index (χ1n) is 9.75. The summed E-state index contributed by atoms with van der Waals surface area (Å²) in [5.41, 5.74) is 5.05. The molecule has 1 fully saturated rings. The summed E-state index contributed by atoms with van der Waals surface area (Å²) in [7, 11) is 0. The number of aryl methyl sites for hydroxylation is 3. The number of nitrogens with zero attached hydrogens (tertiary/aromatic N) is 1. The van der Waals surface area contributed by atoms with E-state index >= 15 is 0 Å². The van der Waals surface area contributed by atoms with Gasteiger partial charge < -0.3 is 5.32 Å². The topological polar surface area (TPSA) is 32.3 Å². The summed E-state index contributed by atoms with van der Waals surface area (Å²) in [5.74, 6) is 0.141. The van der Waals surface area contributed by atoms with Crippen molar-refractivity contribution < 1.29 is 4.79 Å². The second kappa shape index (κ2) is 9.00. The standard InChI is InChI=1S/C23H30N2O/c1-18-5-9-20(10-6-18)11-14-23(26)24-17-22(25-15-3-4-16-25)21-12-7-19(2)8-13-21/h5-10,12-13,22H,3-4,11,14-17H2,1-2H3,(H,24,26). The van der Waals surface area contributed by atoms with Crippen LogP contribution in [0.5, 0.6) is 0 Å². The third-order valence-electron chi connectivity index (χ3n) is 5.30. The fourth-order valence-corrected chi connectivity index (χ4v) is 3.61.